The third-order valence-electron chi connectivity index (χ3n) is 10.9. The van der Waals surface area contributed by atoms with Crippen molar-refractivity contribution in [2.75, 3.05) is 0 Å². The fourth-order valence-electron chi connectivity index (χ4n) is 8.39. The lowest BCUT2D eigenvalue weighted by Gasteiger charge is -2.13. The van der Waals surface area contributed by atoms with Gasteiger partial charge in [-0.3, -0.25) is 0 Å². The maximum atomic E-state index is 5.20. The first-order chi connectivity index (χ1) is 26.8. The normalized spacial score (nSPS) is 11.7. The maximum absolute atomic E-state index is 5.20. The summed E-state index contributed by atoms with van der Waals surface area (Å²) < 4.78 is 4.86. The topological polar surface area (TPSA) is 22.8 Å². The van der Waals surface area contributed by atoms with Gasteiger partial charge in [-0.1, -0.05) is 140 Å². The summed E-state index contributed by atoms with van der Waals surface area (Å²) in [7, 11) is 0. The summed E-state index contributed by atoms with van der Waals surface area (Å²) in [6.07, 6.45) is 0. The highest BCUT2D eigenvalue weighted by Crippen LogP contribution is 2.42. The first-order valence-electron chi connectivity index (χ1n) is 18.5. The number of rotatable bonds is 5. The molecule has 0 radical (unpaired) electrons. The molecule has 0 saturated heterocycles. The molecule has 3 heteroatoms. The van der Waals surface area contributed by atoms with Crippen molar-refractivity contribution in [2.24, 2.45) is 0 Å². The monoisotopic (exact) mass is 687 g/mol. The molecular formula is C51H33N3. The van der Waals surface area contributed by atoms with Gasteiger partial charge in [0.15, 0.2) is 0 Å². The van der Waals surface area contributed by atoms with Crippen LogP contribution in [0.2, 0.25) is 0 Å². The molecule has 0 saturated carbocycles. The van der Waals surface area contributed by atoms with E-state index < -0.39 is 0 Å². The predicted molar refractivity (Wildman–Crippen MR) is 227 cm³/mol. The van der Waals surface area contributed by atoms with Crippen LogP contribution in [0.15, 0.2) is 200 Å². The Morgan fingerprint density at radius 3 is 1.69 bits per heavy atom. The molecule has 11 rings (SSSR count). The van der Waals surface area contributed by atoms with Crippen LogP contribution < -0.4 is 0 Å². The number of aromatic nitrogens is 3. The highest BCUT2D eigenvalue weighted by atomic mass is 15.0. The molecule has 0 aliphatic carbocycles. The molecule has 0 spiro atoms. The van der Waals surface area contributed by atoms with E-state index in [-0.39, 0.29) is 0 Å². The van der Waals surface area contributed by atoms with Crippen LogP contribution in [0.1, 0.15) is 0 Å². The molecule has 0 fully saturated rings. The van der Waals surface area contributed by atoms with Crippen molar-refractivity contribution in [3.8, 4) is 45.0 Å². The minimum atomic E-state index is 0.958. The van der Waals surface area contributed by atoms with E-state index in [4.69, 9.17) is 4.98 Å². The Kier molecular flexibility index (Phi) is 6.86. The van der Waals surface area contributed by atoms with Gasteiger partial charge in [0.05, 0.1) is 33.5 Å². The zero-order valence-electron chi connectivity index (χ0n) is 29.4. The van der Waals surface area contributed by atoms with Crippen LogP contribution in [-0.2, 0) is 0 Å². The number of para-hydroxylation sites is 3. The number of fused-ring (bicyclic) bond motifs is 8. The Balaban J connectivity index is 1.11. The van der Waals surface area contributed by atoms with Crippen molar-refractivity contribution in [3.05, 3.63) is 200 Å². The summed E-state index contributed by atoms with van der Waals surface area (Å²) in [5.74, 6) is 0. The van der Waals surface area contributed by atoms with Crippen LogP contribution in [0.3, 0.4) is 0 Å². The molecule has 11 aromatic rings. The minimum Gasteiger partial charge on any atom is -0.309 e. The van der Waals surface area contributed by atoms with Gasteiger partial charge in [-0.15, -0.1) is 0 Å². The molecular weight excluding hydrogens is 655 g/mol. The molecule has 0 aliphatic heterocycles. The molecule has 0 bridgehead atoms. The summed E-state index contributed by atoms with van der Waals surface area (Å²) in [5.41, 5.74) is 13.5. The second-order valence-electron chi connectivity index (χ2n) is 14.0. The lowest BCUT2D eigenvalue weighted by Crippen LogP contribution is -1.96. The highest BCUT2D eigenvalue weighted by molar-refractivity contribution is 6.26. The highest BCUT2D eigenvalue weighted by Gasteiger charge is 2.21. The van der Waals surface area contributed by atoms with E-state index in [1.807, 2.05) is 0 Å². The van der Waals surface area contributed by atoms with Crippen LogP contribution in [0.5, 0.6) is 0 Å². The fraction of sp³-hybridized carbons (Fsp3) is 0. The van der Waals surface area contributed by atoms with Crippen LogP contribution in [0, 0.1) is 0 Å². The molecule has 3 nitrogen and oxygen atoms in total. The fourth-order valence-corrected chi connectivity index (χ4v) is 8.39. The van der Waals surface area contributed by atoms with E-state index in [2.05, 4.69) is 209 Å². The molecule has 0 unspecified atom stereocenters. The molecule has 0 aliphatic rings. The molecule has 0 atom stereocenters. The van der Waals surface area contributed by atoms with Crippen molar-refractivity contribution in [1.82, 2.24) is 14.1 Å². The lowest BCUT2D eigenvalue weighted by atomic mass is 9.98. The van der Waals surface area contributed by atoms with Gasteiger partial charge in [-0.25, -0.2) is 4.98 Å². The summed E-state index contributed by atoms with van der Waals surface area (Å²) in [6, 6.07) is 72.0. The first-order valence-corrected chi connectivity index (χ1v) is 18.5. The van der Waals surface area contributed by atoms with Crippen molar-refractivity contribution < 1.29 is 0 Å². The Morgan fingerprint density at radius 2 is 0.907 bits per heavy atom. The van der Waals surface area contributed by atoms with Gasteiger partial charge < -0.3 is 9.13 Å². The van der Waals surface area contributed by atoms with Gasteiger partial charge in [0.2, 0.25) is 0 Å². The first kappa shape index (κ1) is 30.4. The maximum Gasteiger partial charge on any atom is 0.0715 e. The van der Waals surface area contributed by atoms with E-state index in [0.29, 0.717) is 0 Å². The number of pyridine rings is 1. The summed E-state index contributed by atoms with van der Waals surface area (Å²) in [6.45, 7) is 0. The molecule has 8 aromatic carbocycles. The summed E-state index contributed by atoms with van der Waals surface area (Å²) in [4.78, 5) is 5.20. The second kappa shape index (κ2) is 12.2. The molecule has 3 aromatic heterocycles. The van der Waals surface area contributed by atoms with Gasteiger partial charge >= 0.3 is 0 Å². The van der Waals surface area contributed by atoms with E-state index in [1.54, 1.807) is 0 Å². The van der Waals surface area contributed by atoms with Gasteiger partial charge in [0.25, 0.3) is 0 Å². The van der Waals surface area contributed by atoms with Crippen LogP contribution in [0.25, 0.3) is 99.4 Å². The SMILES string of the molecule is c1ccc(-c2cc(-c3ccc(-n4c5ccccc5c5ccc6c(c7ccccc7n6-c6ccccc6)c54)cc3)cc(-c3ccc4ccccc4c3)n2)cc1. The Morgan fingerprint density at radius 1 is 0.315 bits per heavy atom. The Labute approximate surface area is 312 Å². The van der Waals surface area contributed by atoms with E-state index in [0.717, 1.165) is 45.0 Å². The Hall–Kier alpha value is -7.23. The third kappa shape index (κ3) is 4.79. The van der Waals surface area contributed by atoms with Gasteiger partial charge in [-0.05, 0) is 82.6 Å². The average molecular weight is 688 g/mol. The molecule has 252 valence electrons. The standard InChI is InChI=1S/C51H33N3/c1-3-14-36(15-4-1)45-32-39(33-46(52-45)38-24-23-34-13-7-8-16-37(34)31-38)35-25-27-41(28-26-35)54-47-21-11-9-19-42(47)43-29-30-49-50(51(43)54)44-20-10-12-22-48(44)53(49)40-17-5-2-6-18-40/h1-33H. The van der Waals surface area contributed by atoms with E-state index in [1.165, 1.54) is 54.4 Å². The Bertz CT molecular complexity index is 3190. The van der Waals surface area contributed by atoms with Crippen LogP contribution >= 0.6 is 0 Å². The molecule has 0 N–H and O–H groups in total. The van der Waals surface area contributed by atoms with E-state index in [9.17, 15) is 0 Å². The quantitative estimate of drug-likeness (QED) is 0.177. The third-order valence-corrected chi connectivity index (χ3v) is 10.9. The largest absolute Gasteiger partial charge is 0.309 e. The summed E-state index contributed by atoms with van der Waals surface area (Å²) in [5, 5.41) is 7.43. The van der Waals surface area contributed by atoms with Crippen LogP contribution in [0.4, 0.5) is 0 Å². The second-order valence-corrected chi connectivity index (χ2v) is 14.0. The van der Waals surface area contributed by atoms with Gasteiger partial charge in [-0.2, -0.15) is 0 Å². The zero-order valence-corrected chi connectivity index (χ0v) is 29.4. The summed E-state index contributed by atoms with van der Waals surface area (Å²) >= 11 is 0. The van der Waals surface area contributed by atoms with Crippen molar-refractivity contribution in [1.29, 1.82) is 0 Å². The number of hydrogen-bond acceptors (Lipinski definition) is 1. The van der Waals surface area contributed by atoms with Crippen LogP contribution in [-0.4, -0.2) is 14.1 Å². The van der Waals surface area contributed by atoms with Crippen molar-refractivity contribution in [3.63, 3.8) is 0 Å². The number of benzene rings is 8. The molecule has 54 heavy (non-hydrogen) atoms. The van der Waals surface area contributed by atoms with Crippen molar-refractivity contribution >= 4 is 54.4 Å². The average Bonchev–Trinajstić information content (AvgIpc) is 3.77. The predicted octanol–water partition coefficient (Wildman–Crippen LogP) is 13.4. The number of nitrogens with zero attached hydrogens (tertiary/aromatic N) is 3. The minimum absolute atomic E-state index is 0.958. The number of hydrogen-bond donors (Lipinski definition) is 0. The zero-order chi connectivity index (χ0) is 35.6. The van der Waals surface area contributed by atoms with Gasteiger partial charge in [0, 0.05) is 44.0 Å². The smallest absolute Gasteiger partial charge is 0.0715 e. The molecule has 3 heterocycles. The van der Waals surface area contributed by atoms with Gasteiger partial charge in [0.1, 0.15) is 0 Å². The van der Waals surface area contributed by atoms with Crippen molar-refractivity contribution in [2.45, 2.75) is 0 Å². The van der Waals surface area contributed by atoms with E-state index >= 15 is 0 Å². The molecule has 0 amide bonds. The lowest BCUT2D eigenvalue weighted by molar-refractivity contribution is 1.17.